The Balaban J connectivity index is 0.000000599. The van der Waals surface area contributed by atoms with Gasteiger partial charge in [0.2, 0.25) is 0 Å². The molecule has 1 nitrogen and oxygen atoms in total. The summed E-state index contributed by atoms with van der Waals surface area (Å²) in [7, 11) is -2.69. The average molecular weight is 794 g/mol. The minimum atomic E-state index is -2.69. The standard InChI is InChI=1S/C15H15OPS2.2C6H5.HI.Pb/c16-17(15(18)19,11-13-7-3-1-4-8-13)12-14-9-5-2-6-10-14;2*1-2-4-6-5-3-1;;/h1-10H,11-12H2,(H,18,19);2*1-5H;1H;/q;;;;+2/p-2. The molecule has 0 aliphatic carbocycles. The summed E-state index contributed by atoms with van der Waals surface area (Å²) in [5.41, 5.74) is 2.04. The minimum Gasteiger partial charge on any atom is -1.00 e. The van der Waals surface area contributed by atoms with E-state index < -0.39 is 7.14 Å². The van der Waals surface area contributed by atoms with Crippen LogP contribution in [0, 0.1) is 12.1 Å². The van der Waals surface area contributed by atoms with Crippen molar-refractivity contribution in [3.63, 3.8) is 0 Å². The van der Waals surface area contributed by atoms with Gasteiger partial charge in [0.05, 0.1) is 0 Å². The Morgan fingerprint density at radius 1 is 0.667 bits per heavy atom. The Bertz CT molecular complexity index is 906. The van der Waals surface area contributed by atoms with Crippen molar-refractivity contribution in [1.29, 1.82) is 0 Å². The first-order chi connectivity index (χ1) is 15.1. The van der Waals surface area contributed by atoms with E-state index in [1.807, 2.05) is 121 Å². The summed E-state index contributed by atoms with van der Waals surface area (Å²) >= 11 is 10.2. The topological polar surface area (TPSA) is 17.1 Å². The Hall–Kier alpha value is -0.928. The average Bonchev–Trinajstić information content (AvgIpc) is 2.83. The molecular weight excluding hydrogens is 770 g/mol. The Kier molecular flexibility index (Phi) is 18.8. The maximum absolute atomic E-state index is 13.0. The van der Waals surface area contributed by atoms with Crippen LogP contribution < -0.4 is 24.0 Å². The smallest absolute Gasteiger partial charge is 1.00 e. The van der Waals surface area contributed by atoms with E-state index in [0.29, 0.717) is 12.3 Å². The van der Waals surface area contributed by atoms with E-state index in [0.717, 1.165) is 11.1 Å². The molecule has 6 heteroatoms. The van der Waals surface area contributed by atoms with Crippen molar-refractivity contribution in [3.8, 4) is 0 Å². The number of rotatable bonds is 5. The van der Waals surface area contributed by atoms with Crippen LogP contribution in [0.25, 0.3) is 0 Å². The molecule has 0 atom stereocenters. The van der Waals surface area contributed by atoms with Gasteiger partial charge in [0.15, 0.2) is 0 Å². The van der Waals surface area contributed by atoms with E-state index >= 15 is 0 Å². The monoisotopic (exact) mass is 794 g/mol. The fourth-order valence-corrected chi connectivity index (χ4v) is 5.37. The van der Waals surface area contributed by atoms with Gasteiger partial charge >= 0.3 is 27.3 Å². The molecule has 0 bridgehead atoms. The van der Waals surface area contributed by atoms with Gasteiger partial charge < -0.3 is 53.4 Å². The van der Waals surface area contributed by atoms with Crippen LogP contribution in [-0.4, -0.2) is 31.2 Å². The summed E-state index contributed by atoms with van der Waals surface area (Å²) in [5.74, 6) is 0. The number of hydrogen-bond acceptors (Lipinski definition) is 3. The second-order valence-electron chi connectivity index (χ2n) is 6.60. The quantitative estimate of drug-likeness (QED) is 0.0995. The molecule has 33 heavy (non-hydrogen) atoms. The van der Waals surface area contributed by atoms with Gasteiger partial charge in [0.25, 0.3) is 0 Å². The van der Waals surface area contributed by atoms with Crippen LogP contribution in [0.1, 0.15) is 11.1 Å². The SMILES string of the molecule is O=P(Cc1ccccc1)(Cc1ccccc1)C(=S)[S-].[I-].[Pb+2].[c]1ccccc1.[c]1ccccc1. The summed E-state index contributed by atoms with van der Waals surface area (Å²) in [6.45, 7) is 0. The number of benzene rings is 4. The van der Waals surface area contributed by atoms with Crippen LogP contribution in [0.5, 0.6) is 0 Å². The molecule has 0 N–H and O–H groups in total. The van der Waals surface area contributed by atoms with Crippen LogP contribution in [0.3, 0.4) is 0 Å². The maximum atomic E-state index is 13.0. The van der Waals surface area contributed by atoms with E-state index in [4.69, 9.17) is 24.8 Å². The van der Waals surface area contributed by atoms with E-state index in [9.17, 15) is 4.57 Å². The fourth-order valence-electron chi connectivity index (χ4n) is 2.63. The van der Waals surface area contributed by atoms with Gasteiger partial charge in [0, 0.05) is 12.3 Å². The molecule has 0 aliphatic rings. The number of halogens is 1. The zero-order valence-corrected chi connectivity index (χ0v) is 26.6. The Morgan fingerprint density at radius 3 is 1.18 bits per heavy atom. The predicted molar refractivity (Wildman–Crippen MR) is 144 cm³/mol. The third-order valence-corrected chi connectivity index (χ3v) is 8.52. The van der Waals surface area contributed by atoms with Crippen molar-refractivity contribution in [2.75, 3.05) is 0 Å². The van der Waals surface area contributed by atoms with Gasteiger partial charge in [-0.1, -0.05) is 125 Å². The number of hydrogen-bond donors (Lipinski definition) is 0. The molecule has 0 heterocycles. The summed E-state index contributed by atoms with van der Waals surface area (Å²) in [5, 5.41) is 0. The first-order valence-electron chi connectivity index (χ1n) is 9.80. The maximum Gasteiger partial charge on any atom is 2.00 e. The Morgan fingerprint density at radius 2 is 0.970 bits per heavy atom. The summed E-state index contributed by atoms with van der Waals surface area (Å²) < 4.78 is 13.2. The van der Waals surface area contributed by atoms with Crippen LogP contribution in [0.15, 0.2) is 121 Å². The summed E-state index contributed by atoms with van der Waals surface area (Å²) in [4.78, 5) is 0. The van der Waals surface area contributed by atoms with Crippen molar-refractivity contribution in [1.82, 2.24) is 0 Å². The molecule has 0 saturated carbocycles. The first kappa shape index (κ1) is 32.1. The van der Waals surface area contributed by atoms with E-state index in [1.54, 1.807) is 0 Å². The van der Waals surface area contributed by atoms with Crippen molar-refractivity contribution < 1.29 is 28.5 Å². The molecule has 4 aromatic rings. The second-order valence-corrected chi connectivity index (χ2v) is 11.1. The van der Waals surface area contributed by atoms with Gasteiger partial charge in [-0.2, -0.15) is 0 Å². The number of thiocarbonyl (C=S) groups is 1. The molecule has 0 aliphatic heterocycles. The third kappa shape index (κ3) is 14.2. The molecule has 0 aromatic heterocycles. The molecule has 0 fully saturated rings. The van der Waals surface area contributed by atoms with E-state index in [1.165, 1.54) is 0 Å². The van der Waals surface area contributed by atoms with Gasteiger partial charge in [0.1, 0.15) is 7.14 Å². The van der Waals surface area contributed by atoms with Gasteiger partial charge in [-0.15, -0.1) is 0 Å². The molecule has 0 saturated heterocycles. The van der Waals surface area contributed by atoms with Crippen molar-refractivity contribution in [2.24, 2.45) is 0 Å². The molecule has 0 unspecified atom stereocenters. The summed E-state index contributed by atoms with van der Waals surface area (Å²) in [6.07, 6.45) is 0.899. The first-order valence-corrected chi connectivity index (χ1v) is 12.7. The zero-order chi connectivity index (χ0) is 22.2. The van der Waals surface area contributed by atoms with Crippen LogP contribution in [0.4, 0.5) is 0 Å². The minimum absolute atomic E-state index is 0. The largest absolute Gasteiger partial charge is 2.00 e. The molecular formula is C27H24IOPPbS2. The Labute approximate surface area is 246 Å². The van der Waals surface area contributed by atoms with Crippen LogP contribution in [-0.2, 0) is 29.5 Å². The second kappa shape index (κ2) is 19.4. The third-order valence-electron chi connectivity index (χ3n) is 4.11. The van der Waals surface area contributed by atoms with Gasteiger partial charge in [-0.3, -0.25) is 0 Å². The van der Waals surface area contributed by atoms with E-state index in [2.05, 4.69) is 12.1 Å². The van der Waals surface area contributed by atoms with Gasteiger partial charge in [-0.05, 0) is 23.3 Å². The summed E-state index contributed by atoms with van der Waals surface area (Å²) in [6, 6.07) is 44.5. The zero-order valence-electron chi connectivity index (χ0n) is 18.0. The normalized spacial score (nSPS) is 9.33. The van der Waals surface area contributed by atoms with Gasteiger partial charge in [-0.25, -0.2) is 0 Å². The molecule has 0 spiro atoms. The fraction of sp³-hybridized carbons (Fsp3) is 0.0741. The molecule has 4 aromatic carbocycles. The predicted octanol–water partition coefficient (Wildman–Crippen LogP) is 4.18. The van der Waals surface area contributed by atoms with Crippen molar-refractivity contribution in [2.45, 2.75) is 12.3 Å². The molecule has 4 rings (SSSR count). The molecule has 166 valence electrons. The van der Waals surface area contributed by atoms with E-state index in [-0.39, 0.29) is 55.2 Å². The van der Waals surface area contributed by atoms with Crippen molar-refractivity contribution >= 4 is 63.2 Å². The van der Waals surface area contributed by atoms with Crippen molar-refractivity contribution in [3.05, 3.63) is 145 Å². The molecule has 4 radical (unpaired) electrons. The van der Waals surface area contributed by atoms with Crippen LogP contribution >= 0.6 is 19.4 Å². The van der Waals surface area contributed by atoms with Crippen LogP contribution in [0.2, 0.25) is 0 Å². The molecule has 0 amide bonds.